The molecule has 7 heteroatoms. The zero-order valence-corrected chi connectivity index (χ0v) is 15.5. The van der Waals surface area contributed by atoms with Crippen LogP contribution in [0.1, 0.15) is 16.7 Å². The van der Waals surface area contributed by atoms with Gasteiger partial charge in [-0.2, -0.15) is 13.2 Å². The van der Waals surface area contributed by atoms with Gasteiger partial charge in [-0.3, -0.25) is 0 Å². The maximum atomic E-state index is 12.8. The molecular weight excluding hydrogens is 389 g/mol. The zero-order valence-electron chi connectivity index (χ0n) is 14.8. The fraction of sp³-hybridized carbons (Fsp3) is 0.143. The Morgan fingerprint density at radius 3 is 2.43 bits per heavy atom. The Morgan fingerprint density at radius 1 is 0.893 bits per heavy atom. The van der Waals surface area contributed by atoms with Crippen LogP contribution in [0.2, 0.25) is 5.02 Å². The first kappa shape index (κ1) is 20.0. The van der Waals surface area contributed by atoms with E-state index in [0.717, 1.165) is 23.4 Å². The number of benzene rings is 3. The van der Waals surface area contributed by atoms with E-state index in [4.69, 9.17) is 16.3 Å². The Kier molecular flexibility index (Phi) is 6.44. The topological polar surface area (TPSA) is 33.3 Å². The molecule has 3 nitrogen and oxygen atoms in total. The average Bonchev–Trinajstić information content (AvgIpc) is 2.68. The lowest BCUT2D eigenvalue weighted by molar-refractivity contribution is -0.137. The molecule has 0 aromatic heterocycles. The Hall–Kier alpha value is -2.70. The number of halogens is 4. The van der Waals surface area contributed by atoms with Crippen molar-refractivity contribution in [3.63, 3.8) is 0 Å². The average molecular weight is 407 g/mol. The molecule has 0 fully saturated rings. The first-order chi connectivity index (χ1) is 13.4. The van der Waals surface area contributed by atoms with Crippen LogP contribution in [0.5, 0.6) is 5.75 Å². The first-order valence-corrected chi connectivity index (χ1v) is 8.91. The lowest BCUT2D eigenvalue weighted by Crippen LogP contribution is -2.21. The summed E-state index contributed by atoms with van der Waals surface area (Å²) >= 11 is 6.07. The molecule has 0 aliphatic rings. The number of anilines is 1. The van der Waals surface area contributed by atoms with E-state index in [1.165, 1.54) is 6.07 Å². The number of hydrogen-bond donors (Lipinski definition) is 2. The van der Waals surface area contributed by atoms with Crippen LogP contribution in [0, 0.1) is 0 Å². The lowest BCUT2D eigenvalue weighted by Gasteiger charge is -2.14. The van der Waals surface area contributed by atoms with E-state index in [-0.39, 0.29) is 6.61 Å². The van der Waals surface area contributed by atoms with Crippen LogP contribution in [0.15, 0.2) is 72.8 Å². The zero-order chi connectivity index (χ0) is 20.0. The molecule has 0 amide bonds. The smallest absolute Gasteiger partial charge is 0.416 e. The van der Waals surface area contributed by atoms with E-state index in [1.807, 2.05) is 30.3 Å². The molecule has 0 unspecified atom stereocenters. The molecule has 146 valence electrons. The Morgan fingerprint density at radius 2 is 1.68 bits per heavy atom. The van der Waals surface area contributed by atoms with Gasteiger partial charge in [-0.25, -0.2) is 5.43 Å². The molecule has 0 heterocycles. The molecule has 3 aromatic carbocycles. The molecule has 3 aromatic rings. The van der Waals surface area contributed by atoms with Crippen LogP contribution < -0.4 is 15.6 Å². The van der Waals surface area contributed by atoms with Crippen LogP contribution in [0.3, 0.4) is 0 Å². The van der Waals surface area contributed by atoms with Crippen molar-refractivity contribution in [3.8, 4) is 5.75 Å². The van der Waals surface area contributed by atoms with E-state index in [1.54, 1.807) is 24.3 Å². The van der Waals surface area contributed by atoms with Gasteiger partial charge in [0.15, 0.2) is 0 Å². The molecular formula is C21H18ClF3N2O. The standard InChI is InChI=1S/C21H18ClF3N2O/c22-18-9-10-20(16(12-18)13-26-27-19-7-2-1-3-8-19)28-14-15-5-4-6-17(11-15)21(23,24)25/h1-12,26-27H,13-14H2. The number of rotatable bonds is 7. The third-order valence-corrected chi connectivity index (χ3v) is 4.19. The maximum absolute atomic E-state index is 12.8. The van der Waals surface area contributed by atoms with Gasteiger partial charge in [-0.15, -0.1) is 0 Å². The number of hydrogen-bond acceptors (Lipinski definition) is 3. The molecule has 0 radical (unpaired) electrons. The second-order valence-corrected chi connectivity index (χ2v) is 6.52. The van der Waals surface area contributed by atoms with Gasteiger partial charge in [0.1, 0.15) is 12.4 Å². The van der Waals surface area contributed by atoms with Gasteiger partial charge in [0, 0.05) is 22.8 Å². The predicted octanol–water partition coefficient (Wildman–Crippen LogP) is 6.05. The van der Waals surface area contributed by atoms with Crippen molar-refractivity contribution in [2.45, 2.75) is 19.3 Å². The molecule has 0 aliphatic carbocycles. The van der Waals surface area contributed by atoms with Gasteiger partial charge in [0.2, 0.25) is 0 Å². The predicted molar refractivity (Wildman–Crippen MR) is 104 cm³/mol. The summed E-state index contributed by atoms with van der Waals surface area (Å²) < 4.78 is 44.3. The summed E-state index contributed by atoms with van der Waals surface area (Å²) in [6.45, 7) is 0.429. The third kappa shape index (κ3) is 5.65. The minimum absolute atomic E-state index is 0.0185. The number of nitrogens with one attached hydrogen (secondary N) is 2. The number of ether oxygens (including phenoxy) is 1. The van der Waals surface area contributed by atoms with Crippen molar-refractivity contribution >= 4 is 17.3 Å². The number of alkyl halides is 3. The highest BCUT2D eigenvalue weighted by atomic mass is 35.5. The monoisotopic (exact) mass is 406 g/mol. The van der Waals surface area contributed by atoms with Crippen molar-refractivity contribution in [3.05, 3.63) is 94.5 Å². The molecule has 28 heavy (non-hydrogen) atoms. The van der Waals surface area contributed by atoms with E-state index in [2.05, 4.69) is 10.9 Å². The van der Waals surface area contributed by atoms with Crippen LogP contribution >= 0.6 is 11.6 Å². The van der Waals surface area contributed by atoms with E-state index in [9.17, 15) is 13.2 Å². The summed E-state index contributed by atoms with van der Waals surface area (Å²) in [6.07, 6.45) is -4.38. The largest absolute Gasteiger partial charge is 0.489 e. The summed E-state index contributed by atoms with van der Waals surface area (Å²) in [5.74, 6) is 0.546. The van der Waals surface area contributed by atoms with Gasteiger partial charge in [0.05, 0.1) is 5.56 Å². The van der Waals surface area contributed by atoms with Crippen LogP contribution in [-0.2, 0) is 19.3 Å². The van der Waals surface area contributed by atoms with E-state index >= 15 is 0 Å². The quantitative estimate of drug-likeness (QED) is 0.468. The fourth-order valence-corrected chi connectivity index (χ4v) is 2.78. The third-order valence-electron chi connectivity index (χ3n) is 3.96. The molecule has 0 bridgehead atoms. The van der Waals surface area contributed by atoms with E-state index in [0.29, 0.717) is 22.9 Å². The minimum Gasteiger partial charge on any atom is -0.489 e. The molecule has 0 saturated heterocycles. The fourth-order valence-electron chi connectivity index (χ4n) is 2.59. The van der Waals surface area contributed by atoms with Gasteiger partial charge in [-0.1, -0.05) is 41.9 Å². The molecule has 3 rings (SSSR count). The lowest BCUT2D eigenvalue weighted by atomic mass is 10.1. The summed E-state index contributed by atoms with van der Waals surface area (Å²) in [5.41, 5.74) is 7.56. The summed E-state index contributed by atoms with van der Waals surface area (Å²) in [4.78, 5) is 0. The van der Waals surface area contributed by atoms with Gasteiger partial charge >= 0.3 is 6.18 Å². The Balaban J connectivity index is 1.65. The number of para-hydroxylation sites is 1. The van der Waals surface area contributed by atoms with Crippen molar-refractivity contribution in [1.29, 1.82) is 0 Å². The van der Waals surface area contributed by atoms with Crippen LogP contribution in [-0.4, -0.2) is 0 Å². The molecule has 0 saturated carbocycles. The summed E-state index contributed by atoms with van der Waals surface area (Å²) in [6, 6.07) is 19.8. The second kappa shape index (κ2) is 8.99. The highest BCUT2D eigenvalue weighted by Crippen LogP contribution is 2.30. The highest BCUT2D eigenvalue weighted by Gasteiger charge is 2.30. The van der Waals surface area contributed by atoms with Crippen molar-refractivity contribution in [2.24, 2.45) is 0 Å². The highest BCUT2D eigenvalue weighted by molar-refractivity contribution is 6.30. The van der Waals surface area contributed by atoms with E-state index < -0.39 is 11.7 Å². The minimum atomic E-state index is -4.38. The SMILES string of the molecule is FC(F)(F)c1cccc(COc2ccc(Cl)cc2CNNc2ccccc2)c1. The molecule has 0 atom stereocenters. The van der Waals surface area contributed by atoms with Gasteiger partial charge in [0.25, 0.3) is 0 Å². The summed E-state index contributed by atoms with van der Waals surface area (Å²) in [5, 5.41) is 0.544. The Labute approximate surface area is 166 Å². The summed E-state index contributed by atoms with van der Waals surface area (Å²) in [7, 11) is 0. The first-order valence-electron chi connectivity index (χ1n) is 8.53. The van der Waals surface area contributed by atoms with Crippen LogP contribution in [0.25, 0.3) is 0 Å². The van der Waals surface area contributed by atoms with Crippen LogP contribution in [0.4, 0.5) is 18.9 Å². The van der Waals surface area contributed by atoms with Gasteiger partial charge < -0.3 is 10.2 Å². The second-order valence-electron chi connectivity index (χ2n) is 6.08. The molecule has 0 spiro atoms. The maximum Gasteiger partial charge on any atom is 0.416 e. The van der Waals surface area contributed by atoms with Crippen molar-refractivity contribution in [2.75, 3.05) is 5.43 Å². The van der Waals surface area contributed by atoms with Crippen molar-refractivity contribution < 1.29 is 17.9 Å². The Bertz CT molecular complexity index is 917. The molecule has 0 aliphatic heterocycles. The normalized spacial score (nSPS) is 11.3. The van der Waals surface area contributed by atoms with Gasteiger partial charge in [-0.05, 0) is 48.0 Å². The molecule has 2 N–H and O–H groups in total. The van der Waals surface area contributed by atoms with Crippen molar-refractivity contribution in [1.82, 2.24) is 5.43 Å². The number of hydrazine groups is 1.